The molecule has 0 spiro atoms. The first kappa shape index (κ1) is 19.0. The van der Waals surface area contributed by atoms with Gasteiger partial charge >= 0.3 is 0 Å². The molecule has 0 radical (unpaired) electrons. The zero-order valence-corrected chi connectivity index (χ0v) is 15.3. The summed E-state index contributed by atoms with van der Waals surface area (Å²) in [7, 11) is 0. The maximum Gasteiger partial charge on any atom is -0.0357 e. The van der Waals surface area contributed by atoms with Crippen LogP contribution in [0.2, 0.25) is 0 Å². The van der Waals surface area contributed by atoms with Crippen LogP contribution in [0.4, 0.5) is 0 Å². The first-order valence-corrected chi connectivity index (χ1v) is 10.3. The van der Waals surface area contributed by atoms with Gasteiger partial charge in [-0.2, -0.15) is 0 Å². The molecule has 21 heavy (non-hydrogen) atoms. The molecular weight excluding hydrogens is 252 g/mol. The van der Waals surface area contributed by atoms with Gasteiger partial charge in [-0.15, -0.1) is 0 Å². The van der Waals surface area contributed by atoms with E-state index in [1.165, 1.54) is 96.3 Å². The number of hydrogen-bond acceptors (Lipinski definition) is 0. The topological polar surface area (TPSA) is 0 Å². The summed E-state index contributed by atoms with van der Waals surface area (Å²) < 4.78 is 0. The van der Waals surface area contributed by atoms with E-state index in [-0.39, 0.29) is 0 Å². The number of rotatable bonds is 15. The molecule has 2 atom stereocenters. The monoisotopic (exact) mass is 294 g/mol. The maximum atomic E-state index is 2.47. The van der Waals surface area contributed by atoms with Gasteiger partial charge in [0, 0.05) is 0 Å². The quantitative estimate of drug-likeness (QED) is 0.271. The van der Waals surface area contributed by atoms with Gasteiger partial charge in [0.1, 0.15) is 0 Å². The molecule has 126 valence electrons. The van der Waals surface area contributed by atoms with Crippen LogP contribution in [-0.2, 0) is 0 Å². The molecule has 1 fully saturated rings. The SMILES string of the molecule is CCCCCCCCC(CCCCCCCC)C1CC1C. The second-order valence-corrected chi connectivity index (χ2v) is 7.75. The normalized spacial score (nSPS) is 21.1. The zero-order valence-electron chi connectivity index (χ0n) is 15.3. The van der Waals surface area contributed by atoms with E-state index in [0.29, 0.717) is 0 Å². The van der Waals surface area contributed by atoms with Crippen LogP contribution in [-0.4, -0.2) is 0 Å². The fourth-order valence-electron chi connectivity index (χ4n) is 3.95. The van der Waals surface area contributed by atoms with E-state index in [1.807, 2.05) is 0 Å². The standard InChI is InChI=1S/C21H42/c1-4-6-8-10-12-14-16-20(21-18-19(21)3)17-15-13-11-9-7-5-2/h19-21H,4-18H2,1-3H3. The highest BCUT2D eigenvalue weighted by Gasteiger charge is 2.38. The molecule has 0 nitrogen and oxygen atoms in total. The van der Waals surface area contributed by atoms with E-state index in [1.54, 1.807) is 0 Å². The molecule has 0 N–H and O–H groups in total. The molecule has 0 aliphatic heterocycles. The molecule has 1 aliphatic carbocycles. The molecule has 0 aromatic rings. The van der Waals surface area contributed by atoms with Crippen molar-refractivity contribution in [1.29, 1.82) is 0 Å². The van der Waals surface area contributed by atoms with Crippen molar-refractivity contribution in [3.63, 3.8) is 0 Å². The summed E-state index contributed by atoms with van der Waals surface area (Å²) >= 11 is 0. The summed E-state index contributed by atoms with van der Waals surface area (Å²) in [6.07, 6.45) is 22.2. The van der Waals surface area contributed by atoms with Gasteiger partial charge < -0.3 is 0 Å². The van der Waals surface area contributed by atoms with Gasteiger partial charge in [0.25, 0.3) is 0 Å². The van der Waals surface area contributed by atoms with Crippen molar-refractivity contribution in [2.24, 2.45) is 17.8 Å². The van der Waals surface area contributed by atoms with Crippen LogP contribution in [0.25, 0.3) is 0 Å². The minimum Gasteiger partial charge on any atom is -0.0654 e. The highest BCUT2D eigenvalue weighted by molar-refractivity contribution is 4.88. The summed E-state index contributed by atoms with van der Waals surface area (Å²) in [5.41, 5.74) is 0. The summed E-state index contributed by atoms with van der Waals surface area (Å²) in [6, 6.07) is 0. The van der Waals surface area contributed by atoms with Crippen LogP contribution in [0.5, 0.6) is 0 Å². The third-order valence-corrected chi connectivity index (χ3v) is 5.63. The molecule has 2 unspecified atom stereocenters. The Kier molecular flexibility index (Phi) is 11.4. The van der Waals surface area contributed by atoms with Gasteiger partial charge in [-0.1, -0.05) is 111 Å². The lowest BCUT2D eigenvalue weighted by molar-refractivity contribution is 0.351. The van der Waals surface area contributed by atoms with Crippen LogP contribution < -0.4 is 0 Å². The summed E-state index contributed by atoms with van der Waals surface area (Å²) in [5.74, 6) is 3.24. The molecule has 0 heterocycles. The Morgan fingerprint density at radius 2 is 1.05 bits per heavy atom. The van der Waals surface area contributed by atoms with E-state index in [4.69, 9.17) is 0 Å². The minimum atomic E-state index is 1.05. The van der Waals surface area contributed by atoms with Crippen LogP contribution in [0, 0.1) is 17.8 Å². The highest BCUT2D eigenvalue weighted by Crippen LogP contribution is 2.47. The summed E-state index contributed by atoms with van der Waals surface area (Å²) in [6.45, 7) is 7.09. The van der Waals surface area contributed by atoms with E-state index in [0.717, 1.165) is 17.8 Å². The second kappa shape index (κ2) is 12.5. The molecule has 1 rings (SSSR count). The Morgan fingerprint density at radius 3 is 1.43 bits per heavy atom. The first-order valence-electron chi connectivity index (χ1n) is 10.3. The minimum absolute atomic E-state index is 1.05. The predicted octanol–water partition coefficient (Wildman–Crippen LogP) is 7.76. The lowest BCUT2D eigenvalue weighted by Crippen LogP contribution is -2.05. The van der Waals surface area contributed by atoms with Gasteiger partial charge in [-0.05, 0) is 24.2 Å². The number of unbranched alkanes of at least 4 members (excludes halogenated alkanes) is 10. The molecule has 0 aromatic carbocycles. The third kappa shape index (κ3) is 9.59. The van der Waals surface area contributed by atoms with Crippen molar-refractivity contribution in [3.8, 4) is 0 Å². The Labute approximate surface area is 135 Å². The molecule has 0 aromatic heterocycles. The molecule has 0 amide bonds. The molecule has 0 heteroatoms. The molecule has 0 saturated heterocycles. The fraction of sp³-hybridized carbons (Fsp3) is 1.00. The third-order valence-electron chi connectivity index (χ3n) is 5.63. The Bertz CT molecular complexity index is 204. The average Bonchev–Trinajstić information content (AvgIpc) is 3.20. The van der Waals surface area contributed by atoms with Crippen molar-refractivity contribution >= 4 is 0 Å². The van der Waals surface area contributed by atoms with Gasteiger partial charge in [0.05, 0.1) is 0 Å². The van der Waals surface area contributed by atoms with Gasteiger partial charge in [-0.25, -0.2) is 0 Å². The smallest absolute Gasteiger partial charge is 0.0357 e. The molecule has 1 aliphatic rings. The largest absolute Gasteiger partial charge is 0.0654 e. The Hall–Kier alpha value is 0. The lowest BCUT2D eigenvalue weighted by atomic mass is 9.89. The molecule has 1 saturated carbocycles. The number of hydrogen-bond donors (Lipinski definition) is 0. The zero-order chi connectivity index (χ0) is 15.3. The average molecular weight is 295 g/mol. The van der Waals surface area contributed by atoms with E-state index in [2.05, 4.69) is 20.8 Å². The maximum absolute atomic E-state index is 2.47. The van der Waals surface area contributed by atoms with Crippen LogP contribution in [0.3, 0.4) is 0 Å². The molecule has 0 bridgehead atoms. The lowest BCUT2D eigenvalue weighted by Gasteiger charge is -2.17. The van der Waals surface area contributed by atoms with Crippen molar-refractivity contribution in [3.05, 3.63) is 0 Å². The van der Waals surface area contributed by atoms with Crippen molar-refractivity contribution in [2.75, 3.05) is 0 Å². The predicted molar refractivity (Wildman–Crippen MR) is 96.7 cm³/mol. The van der Waals surface area contributed by atoms with Crippen molar-refractivity contribution in [1.82, 2.24) is 0 Å². The Balaban J connectivity index is 2.03. The van der Waals surface area contributed by atoms with Crippen LogP contribution in [0.1, 0.15) is 117 Å². The van der Waals surface area contributed by atoms with E-state index < -0.39 is 0 Å². The van der Waals surface area contributed by atoms with Crippen LogP contribution in [0.15, 0.2) is 0 Å². The van der Waals surface area contributed by atoms with E-state index in [9.17, 15) is 0 Å². The van der Waals surface area contributed by atoms with Crippen LogP contribution >= 0.6 is 0 Å². The fourth-order valence-corrected chi connectivity index (χ4v) is 3.95. The van der Waals surface area contributed by atoms with Gasteiger partial charge in [0.15, 0.2) is 0 Å². The van der Waals surface area contributed by atoms with Gasteiger partial charge in [-0.3, -0.25) is 0 Å². The van der Waals surface area contributed by atoms with E-state index >= 15 is 0 Å². The highest BCUT2D eigenvalue weighted by atomic mass is 14.4. The molecular formula is C21H42. The summed E-state index contributed by atoms with van der Waals surface area (Å²) in [4.78, 5) is 0. The first-order chi connectivity index (χ1) is 10.3. The second-order valence-electron chi connectivity index (χ2n) is 7.75. The summed E-state index contributed by atoms with van der Waals surface area (Å²) in [5, 5.41) is 0. The van der Waals surface area contributed by atoms with Crippen molar-refractivity contribution < 1.29 is 0 Å². The Morgan fingerprint density at radius 1 is 0.667 bits per heavy atom. The van der Waals surface area contributed by atoms with Crippen molar-refractivity contribution in [2.45, 2.75) is 117 Å². The van der Waals surface area contributed by atoms with Gasteiger partial charge in [0.2, 0.25) is 0 Å².